The minimum atomic E-state index is -3.71. The Hall–Kier alpha value is -1.97. The van der Waals surface area contributed by atoms with Gasteiger partial charge in [0, 0.05) is 44.5 Å². The van der Waals surface area contributed by atoms with Crippen LogP contribution in [0.5, 0.6) is 0 Å². The fourth-order valence-corrected chi connectivity index (χ4v) is 4.67. The Morgan fingerprint density at radius 3 is 2.64 bits per heavy atom. The lowest BCUT2D eigenvalue weighted by atomic mass is 9.97. The average molecular weight is 384 g/mol. The van der Waals surface area contributed by atoms with Crippen LogP contribution in [0, 0.1) is 5.92 Å². The molecular weight excluding hydrogens is 366 g/mol. The van der Waals surface area contributed by atoms with Crippen molar-refractivity contribution in [2.75, 3.05) is 18.4 Å². The lowest BCUT2D eigenvalue weighted by Gasteiger charge is -2.30. The van der Waals surface area contributed by atoms with Gasteiger partial charge < -0.3 is 5.32 Å². The predicted octanol–water partition coefficient (Wildman–Crippen LogP) is 1.51. The van der Waals surface area contributed by atoms with Crippen LogP contribution in [0.15, 0.2) is 35.5 Å². The zero-order valence-electron chi connectivity index (χ0n) is 13.6. The Kier molecular flexibility index (Phi) is 5.07. The predicted molar refractivity (Wildman–Crippen MR) is 92.6 cm³/mol. The number of hydrogen-bond acceptors (Lipinski definition) is 5. The van der Waals surface area contributed by atoms with Crippen molar-refractivity contribution in [3.05, 3.63) is 35.7 Å². The summed E-state index contributed by atoms with van der Waals surface area (Å²) in [5.41, 5.74) is 0. The first-order valence-electron chi connectivity index (χ1n) is 7.79. The van der Waals surface area contributed by atoms with Crippen molar-refractivity contribution in [1.29, 1.82) is 0 Å². The van der Waals surface area contributed by atoms with E-state index >= 15 is 0 Å². The van der Waals surface area contributed by atoms with Gasteiger partial charge in [-0.1, -0.05) is 11.6 Å². The zero-order chi connectivity index (χ0) is 18.0. The van der Waals surface area contributed by atoms with Gasteiger partial charge in [0.2, 0.25) is 15.9 Å². The fourth-order valence-electron chi connectivity index (χ4n) is 2.77. The Balaban J connectivity index is 1.63. The van der Waals surface area contributed by atoms with Gasteiger partial charge in [-0.15, -0.1) is 0 Å². The number of rotatable bonds is 4. The number of aryl methyl sites for hydroxylation is 1. The molecule has 25 heavy (non-hydrogen) atoms. The molecule has 10 heteroatoms. The molecule has 0 bridgehead atoms. The van der Waals surface area contributed by atoms with Gasteiger partial charge >= 0.3 is 0 Å². The van der Waals surface area contributed by atoms with E-state index in [4.69, 9.17) is 11.6 Å². The number of amides is 1. The molecule has 1 amide bonds. The van der Waals surface area contributed by atoms with E-state index in [1.54, 1.807) is 24.0 Å². The highest BCUT2D eigenvalue weighted by molar-refractivity contribution is 7.89. The van der Waals surface area contributed by atoms with E-state index in [-0.39, 0.29) is 35.0 Å². The maximum absolute atomic E-state index is 12.7. The molecule has 8 nitrogen and oxygen atoms in total. The van der Waals surface area contributed by atoms with Crippen LogP contribution in [-0.4, -0.2) is 46.5 Å². The number of halogens is 1. The number of anilines is 1. The van der Waals surface area contributed by atoms with Crippen molar-refractivity contribution in [2.24, 2.45) is 13.0 Å². The van der Waals surface area contributed by atoms with Gasteiger partial charge in [-0.05, 0) is 25.0 Å². The van der Waals surface area contributed by atoms with Crippen molar-refractivity contribution in [2.45, 2.75) is 17.7 Å². The van der Waals surface area contributed by atoms with Gasteiger partial charge in [0.15, 0.2) is 5.82 Å². The smallest absolute Gasteiger partial charge is 0.246 e. The van der Waals surface area contributed by atoms with Crippen LogP contribution in [0.2, 0.25) is 5.15 Å². The molecule has 3 rings (SSSR count). The van der Waals surface area contributed by atoms with Crippen molar-refractivity contribution < 1.29 is 13.2 Å². The molecule has 0 aromatic carbocycles. The number of hydrogen-bond donors (Lipinski definition) is 1. The third kappa shape index (κ3) is 3.83. The Labute approximate surface area is 150 Å². The Morgan fingerprint density at radius 2 is 2.04 bits per heavy atom. The first kappa shape index (κ1) is 17.8. The fraction of sp³-hybridized carbons (Fsp3) is 0.400. The molecule has 1 fully saturated rings. The lowest BCUT2D eigenvalue weighted by Crippen LogP contribution is -2.41. The summed E-state index contributed by atoms with van der Waals surface area (Å²) in [6.45, 7) is 0.516. The molecule has 2 aromatic rings. The molecule has 0 unspecified atom stereocenters. The molecule has 1 saturated heterocycles. The second-order valence-corrected chi connectivity index (χ2v) is 8.10. The summed E-state index contributed by atoms with van der Waals surface area (Å²) in [5, 5.41) is 6.82. The number of aromatic nitrogens is 3. The second kappa shape index (κ2) is 7.11. The number of piperidine rings is 1. The standard InChI is InChI=1S/C15H18ClN5O3S/c1-20-8-6-13(19-20)18-15(22)11-4-9-21(10-5-11)25(23,24)12-3-2-7-17-14(12)16/h2-3,6-8,11H,4-5,9-10H2,1H3,(H,18,19,22). The van der Waals surface area contributed by atoms with E-state index in [0.717, 1.165) is 0 Å². The number of carbonyl (C=O) groups excluding carboxylic acids is 1. The number of sulfonamides is 1. The molecule has 3 heterocycles. The van der Waals surface area contributed by atoms with Gasteiger partial charge in [0.1, 0.15) is 10.0 Å². The molecule has 0 radical (unpaired) electrons. The van der Waals surface area contributed by atoms with Crippen LogP contribution < -0.4 is 5.32 Å². The maximum atomic E-state index is 12.7. The highest BCUT2D eigenvalue weighted by atomic mass is 35.5. The molecule has 0 atom stereocenters. The first-order valence-corrected chi connectivity index (χ1v) is 9.61. The molecule has 2 aromatic heterocycles. The minimum absolute atomic E-state index is 0.00643. The molecule has 1 aliphatic heterocycles. The topological polar surface area (TPSA) is 97.2 Å². The summed E-state index contributed by atoms with van der Waals surface area (Å²) >= 11 is 5.91. The third-order valence-corrected chi connectivity index (χ3v) is 6.48. The van der Waals surface area contributed by atoms with Gasteiger partial charge in [0.25, 0.3) is 0 Å². The van der Waals surface area contributed by atoms with Gasteiger partial charge in [-0.2, -0.15) is 9.40 Å². The van der Waals surface area contributed by atoms with Crippen LogP contribution in [0.4, 0.5) is 5.82 Å². The van der Waals surface area contributed by atoms with Gasteiger partial charge in [-0.25, -0.2) is 13.4 Å². The Bertz CT molecular complexity index is 875. The minimum Gasteiger partial charge on any atom is -0.309 e. The van der Waals surface area contributed by atoms with Crippen LogP contribution >= 0.6 is 11.6 Å². The molecule has 1 N–H and O–H groups in total. The Morgan fingerprint density at radius 1 is 1.32 bits per heavy atom. The van der Waals surface area contributed by atoms with E-state index < -0.39 is 10.0 Å². The molecule has 1 aliphatic rings. The molecule has 134 valence electrons. The monoisotopic (exact) mass is 383 g/mol. The number of pyridine rings is 1. The lowest BCUT2D eigenvalue weighted by molar-refractivity contribution is -0.120. The summed E-state index contributed by atoms with van der Waals surface area (Å²) in [4.78, 5) is 16.1. The third-order valence-electron chi connectivity index (χ3n) is 4.13. The number of nitrogens with zero attached hydrogens (tertiary/aromatic N) is 4. The van der Waals surface area contributed by atoms with Crippen molar-refractivity contribution >= 4 is 33.3 Å². The first-order chi connectivity index (χ1) is 11.9. The normalized spacial score (nSPS) is 16.7. The van der Waals surface area contributed by atoms with E-state index in [1.807, 2.05) is 0 Å². The largest absolute Gasteiger partial charge is 0.309 e. The summed E-state index contributed by atoms with van der Waals surface area (Å²) < 4.78 is 28.3. The van der Waals surface area contributed by atoms with E-state index in [0.29, 0.717) is 18.7 Å². The summed E-state index contributed by atoms with van der Waals surface area (Å²) in [5.74, 6) is 0.0951. The van der Waals surface area contributed by atoms with Crippen molar-refractivity contribution in [1.82, 2.24) is 19.1 Å². The highest BCUT2D eigenvalue weighted by Gasteiger charge is 2.33. The molecule has 0 saturated carbocycles. The number of nitrogens with one attached hydrogen (secondary N) is 1. The summed E-state index contributed by atoms with van der Waals surface area (Å²) in [6.07, 6.45) is 4.06. The van der Waals surface area contributed by atoms with Crippen LogP contribution in [0.25, 0.3) is 0 Å². The molecule has 0 aliphatic carbocycles. The van der Waals surface area contributed by atoms with E-state index in [9.17, 15) is 13.2 Å². The van der Waals surface area contributed by atoms with Gasteiger partial charge in [0.05, 0.1) is 0 Å². The van der Waals surface area contributed by atoms with Crippen LogP contribution in [0.3, 0.4) is 0 Å². The average Bonchev–Trinajstić information content (AvgIpc) is 3.00. The van der Waals surface area contributed by atoms with Gasteiger partial charge in [-0.3, -0.25) is 9.48 Å². The van der Waals surface area contributed by atoms with Crippen LogP contribution in [0.1, 0.15) is 12.8 Å². The highest BCUT2D eigenvalue weighted by Crippen LogP contribution is 2.27. The summed E-state index contributed by atoms with van der Waals surface area (Å²) in [6, 6.07) is 4.68. The second-order valence-electron chi connectivity index (χ2n) is 5.83. The SMILES string of the molecule is Cn1ccc(NC(=O)C2CCN(S(=O)(=O)c3cccnc3Cl)CC2)n1. The van der Waals surface area contributed by atoms with Crippen molar-refractivity contribution in [3.8, 4) is 0 Å². The van der Waals surface area contributed by atoms with E-state index in [1.165, 1.54) is 22.6 Å². The van der Waals surface area contributed by atoms with Crippen LogP contribution in [-0.2, 0) is 21.9 Å². The van der Waals surface area contributed by atoms with Crippen molar-refractivity contribution in [3.63, 3.8) is 0 Å². The zero-order valence-corrected chi connectivity index (χ0v) is 15.2. The molecule has 0 spiro atoms. The summed E-state index contributed by atoms with van der Waals surface area (Å²) in [7, 11) is -1.94. The number of carbonyl (C=O) groups is 1. The quantitative estimate of drug-likeness (QED) is 0.807. The molecular formula is C15H18ClN5O3S. The maximum Gasteiger partial charge on any atom is 0.246 e. The van der Waals surface area contributed by atoms with E-state index in [2.05, 4.69) is 15.4 Å².